The van der Waals surface area contributed by atoms with Crippen molar-refractivity contribution in [3.8, 4) is 56.7 Å². The first kappa shape index (κ1) is 33.9. The Morgan fingerprint density at radius 2 is 0.850 bits per heavy atom. The molecule has 9 aromatic carbocycles. The molecule has 5 heteroatoms. The molecule has 5 nitrogen and oxygen atoms in total. The molecule has 0 amide bonds. The van der Waals surface area contributed by atoms with Gasteiger partial charge in [-0.2, -0.15) is 9.97 Å². The first-order valence-corrected chi connectivity index (χ1v) is 20.3. The summed E-state index contributed by atoms with van der Waals surface area (Å²) in [6.45, 7) is 0. The van der Waals surface area contributed by atoms with Gasteiger partial charge in [-0.3, -0.25) is 4.57 Å². The van der Waals surface area contributed by atoms with Crippen LogP contribution in [0.1, 0.15) is 0 Å². The van der Waals surface area contributed by atoms with Gasteiger partial charge in [-0.15, -0.1) is 0 Å². The Hall–Kier alpha value is -8.15. The Morgan fingerprint density at radius 1 is 0.317 bits per heavy atom. The molecule has 0 saturated carbocycles. The summed E-state index contributed by atoms with van der Waals surface area (Å²) in [6, 6.07) is 75.2. The van der Waals surface area contributed by atoms with Crippen LogP contribution in [0.5, 0.6) is 0 Å². The molecule has 0 aliphatic heterocycles. The van der Waals surface area contributed by atoms with Crippen molar-refractivity contribution in [2.24, 2.45) is 0 Å². The number of hydrogen-bond acceptors (Lipinski definition) is 3. The van der Waals surface area contributed by atoms with E-state index in [1.165, 1.54) is 16.3 Å². The smallest absolute Gasteiger partial charge is 0.238 e. The van der Waals surface area contributed by atoms with E-state index in [9.17, 15) is 0 Å². The van der Waals surface area contributed by atoms with Crippen LogP contribution in [0.2, 0.25) is 0 Å². The highest BCUT2D eigenvalue weighted by Gasteiger charge is 2.25. The van der Waals surface area contributed by atoms with Gasteiger partial charge in [0.1, 0.15) is 0 Å². The molecule has 0 unspecified atom stereocenters. The molecule has 0 atom stereocenters. The fourth-order valence-corrected chi connectivity index (χ4v) is 9.09. The third-order valence-corrected chi connectivity index (χ3v) is 11.8. The van der Waals surface area contributed by atoms with Gasteiger partial charge in [-0.05, 0) is 51.7 Å². The normalized spacial score (nSPS) is 11.7. The summed E-state index contributed by atoms with van der Waals surface area (Å²) in [4.78, 5) is 15.9. The molecule has 0 spiro atoms. The molecule has 0 aliphatic rings. The Morgan fingerprint density at radius 3 is 1.53 bits per heavy atom. The largest absolute Gasteiger partial charge is 0.307 e. The van der Waals surface area contributed by atoms with Crippen LogP contribution in [0, 0.1) is 0 Å². The molecule has 0 N–H and O–H groups in total. The van der Waals surface area contributed by atoms with E-state index in [0.29, 0.717) is 17.6 Å². The van der Waals surface area contributed by atoms with Crippen LogP contribution in [0.4, 0.5) is 0 Å². The van der Waals surface area contributed by atoms with Crippen LogP contribution in [0.15, 0.2) is 212 Å². The van der Waals surface area contributed by atoms with Gasteiger partial charge in [0.25, 0.3) is 0 Å². The second-order valence-corrected chi connectivity index (χ2v) is 15.2. The minimum atomic E-state index is 0.559. The van der Waals surface area contributed by atoms with Crippen LogP contribution >= 0.6 is 0 Å². The first-order chi connectivity index (χ1) is 29.8. The quantitative estimate of drug-likeness (QED) is 0.169. The SMILES string of the molecule is c1ccc(-c2nc(-c3ccc4ccccc4c3)nc(-n3c4ccccc4c4ccc5c6ccccc6n(-c6cccc(-c7ccccc7)c6-c6ccccc6)c5c43)n2)cc1. The van der Waals surface area contributed by atoms with Crippen LogP contribution < -0.4 is 0 Å². The van der Waals surface area contributed by atoms with E-state index in [-0.39, 0.29) is 0 Å². The minimum Gasteiger partial charge on any atom is -0.307 e. The third kappa shape index (κ3) is 5.37. The molecule has 280 valence electrons. The predicted octanol–water partition coefficient (Wildman–Crippen LogP) is 13.9. The summed E-state index contributed by atoms with van der Waals surface area (Å²) >= 11 is 0. The molecule has 0 bridgehead atoms. The highest BCUT2D eigenvalue weighted by atomic mass is 15.2. The Bertz CT molecular complexity index is 3590. The number of nitrogens with zero attached hydrogens (tertiary/aromatic N) is 5. The number of para-hydroxylation sites is 2. The number of hydrogen-bond donors (Lipinski definition) is 0. The number of rotatable bonds is 6. The second-order valence-electron chi connectivity index (χ2n) is 15.2. The summed E-state index contributed by atoms with van der Waals surface area (Å²) in [6.07, 6.45) is 0. The average molecular weight is 766 g/mol. The van der Waals surface area contributed by atoms with Crippen LogP contribution in [0.25, 0.3) is 111 Å². The van der Waals surface area contributed by atoms with Crippen LogP contribution in [-0.2, 0) is 0 Å². The van der Waals surface area contributed by atoms with E-state index in [1.807, 2.05) is 18.2 Å². The summed E-state index contributed by atoms with van der Waals surface area (Å²) in [5.74, 6) is 1.79. The molecule has 0 radical (unpaired) electrons. The number of aromatic nitrogens is 5. The second kappa shape index (κ2) is 13.8. The summed E-state index contributed by atoms with van der Waals surface area (Å²) in [7, 11) is 0. The van der Waals surface area contributed by atoms with Gasteiger partial charge in [0.05, 0.1) is 27.8 Å². The van der Waals surface area contributed by atoms with Gasteiger partial charge in [0.2, 0.25) is 5.95 Å². The lowest BCUT2D eigenvalue weighted by atomic mass is 9.93. The van der Waals surface area contributed by atoms with Gasteiger partial charge in [0, 0.05) is 38.2 Å². The van der Waals surface area contributed by atoms with E-state index in [4.69, 9.17) is 15.0 Å². The van der Waals surface area contributed by atoms with Crippen molar-refractivity contribution in [1.82, 2.24) is 24.1 Å². The van der Waals surface area contributed by atoms with Crippen molar-refractivity contribution in [2.75, 3.05) is 0 Å². The molecule has 12 rings (SSSR count). The molecule has 3 aromatic heterocycles. The zero-order chi connectivity index (χ0) is 39.6. The maximum Gasteiger partial charge on any atom is 0.238 e. The monoisotopic (exact) mass is 765 g/mol. The zero-order valence-corrected chi connectivity index (χ0v) is 32.4. The molecule has 0 fully saturated rings. The van der Waals surface area contributed by atoms with Crippen molar-refractivity contribution < 1.29 is 0 Å². The van der Waals surface area contributed by atoms with E-state index in [1.54, 1.807) is 0 Å². The van der Waals surface area contributed by atoms with Gasteiger partial charge < -0.3 is 4.57 Å². The average Bonchev–Trinajstić information content (AvgIpc) is 3.85. The fourth-order valence-electron chi connectivity index (χ4n) is 9.09. The standard InChI is InChI=1S/C55H35N5/c1-4-18-37(19-5-1)42-27-16-30-49(50(42)38-20-6-2-7-21-38)59-47-28-14-12-25-43(47)45-33-34-46-44-26-13-15-29-48(44)60(52(46)51(45)59)55-57-53(39-22-8-3-9-23-39)56-54(58-55)41-32-31-36-17-10-11-24-40(36)35-41/h1-35H. The fraction of sp³-hybridized carbons (Fsp3) is 0. The predicted molar refractivity (Wildman–Crippen MR) is 248 cm³/mol. The molecule has 0 saturated heterocycles. The summed E-state index contributed by atoms with van der Waals surface area (Å²) in [5, 5.41) is 6.88. The molecule has 3 heterocycles. The molecular formula is C55H35N5. The van der Waals surface area contributed by atoms with Crippen molar-refractivity contribution >= 4 is 54.4 Å². The Balaban J connectivity index is 1.23. The molecular weight excluding hydrogens is 731 g/mol. The van der Waals surface area contributed by atoms with Gasteiger partial charge >= 0.3 is 0 Å². The van der Waals surface area contributed by atoms with Crippen molar-refractivity contribution in [2.45, 2.75) is 0 Å². The van der Waals surface area contributed by atoms with Gasteiger partial charge in [-0.1, -0.05) is 188 Å². The van der Waals surface area contributed by atoms with Gasteiger partial charge in [-0.25, -0.2) is 4.98 Å². The summed E-state index contributed by atoms with van der Waals surface area (Å²) < 4.78 is 4.74. The summed E-state index contributed by atoms with van der Waals surface area (Å²) in [5.41, 5.74) is 11.9. The molecule has 12 aromatic rings. The number of fused-ring (bicyclic) bond motifs is 8. The highest BCUT2D eigenvalue weighted by Crippen LogP contribution is 2.45. The van der Waals surface area contributed by atoms with Crippen molar-refractivity contribution in [1.29, 1.82) is 0 Å². The van der Waals surface area contributed by atoms with Crippen molar-refractivity contribution in [3.05, 3.63) is 212 Å². The third-order valence-electron chi connectivity index (χ3n) is 11.8. The van der Waals surface area contributed by atoms with Crippen LogP contribution in [0.3, 0.4) is 0 Å². The molecule has 60 heavy (non-hydrogen) atoms. The van der Waals surface area contributed by atoms with Gasteiger partial charge in [0.15, 0.2) is 11.6 Å². The lowest BCUT2D eigenvalue weighted by Gasteiger charge is -2.19. The maximum atomic E-state index is 5.39. The highest BCUT2D eigenvalue weighted by molar-refractivity contribution is 6.24. The van der Waals surface area contributed by atoms with E-state index < -0.39 is 0 Å². The minimum absolute atomic E-state index is 0.559. The maximum absolute atomic E-state index is 5.39. The van der Waals surface area contributed by atoms with Crippen LogP contribution in [-0.4, -0.2) is 24.1 Å². The van der Waals surface area contributed by atoms with E-state index in [2.05, 4.69) is 203 Å². The lowest BCUT2D eigenvalue weighted by molar-refractivity contribution is 0.953. The topological polar surface area (TPSA) is 48.5 Å². The van der Waals surface area contributed by atoms with Crippen molar-refractivity contribution in [3.63, 3.8) is 0 Å². The Kier molecular flexibility index (Phi) is 7.78. The number of benzene rings is 9. The van der Waals surface area contributed by atoms with E-state index in [0.717, 1.165) is 77.1 Å². The van der Waals surface area contributed by atoms with E-state index >= 15 is 0 Å². The first-order valence-electron chi connectivity index (χ1n) is 20.3. The molecule has 0 aliphatic carbocycles. The Labute approximate surface area is 346 Å². The lowest BCUT2D eigenvalue weighted by Crippen LogP contribution is -2.07. The zero-order valence-electron chi connectivity index (χ0n) is 32.4.